The van der Waals surface area contributed by atoms with Gasteiger partial charge in [-0.05, 0) is 52.1 Å². The molecular weight excluding hydrogens is 408 g/mol. The number of benzene rings is 2. The lowest BCUT2D eigenvalue weighted by Gasteiger charge is -2.23. The average Bonchev–Trinajstić information content (AvgIpc) is 2.71. The minimum Gasteiger partial charge on any atom is -0.490 e. The van der Waals surface area contributed by atoms with Crippen LogP contribution in [0.3, 0.4) is 0 Å². The highest BCUT2D eigenvalue weighted by Crippen LogP contribution is 2.30. The van der Waals surface area contributed by atoms with E-state index in [0.717, 1.165) is 12.1 Å². The van der Waals surface area contributed by atoms with Crippen LogP contribution >= 0.6 is 0 Å². The Bertz CT molecular complexity index is 924. The van der Waals surface area contributed by atoms with Gasteiger partial charge in [0.15, 0.2) is 11.5 Å². The minimum absolute atomic E-state index is 0.0856. The van der Waals surface area contributed by atoms with Gasteiger partial charge in [-0.3, -0.25) is 14.5 Å². The number of ether oxygens (including phenoxy) is 2. The van der Waals surface area contributed by atoms with Gasteiger partial charge in [0.25, 0.3) is 0 Å². The number of hydrogen-bond acceptors (Lipinski definition) is 5. The molecule has 0 heterocycles. The Labute approximate surface area is 180 Å². The number of anilines is 2. The lowest BCUT2D eigenvalue weighted by molar-refractivity contribution is -0.122. The molecule has 1 atom stereocenters. The molecule has 0 spiro atoms. The van der Waals surface area contributed by atoms with E-state index in [1.54, 1.807) is 32.2 Å². The van der Waals surface area contributed by atoms with Crippen molar-refractivity contribution in [1.29, 1.82) is 0 Å². The zero-order chi connectivity index (χ0) is 23.0. The van der Waals surface area contributed by atoms with Gasteiger partial charge in [-0.25, -0.2) is 8.78 Å². The number of amides is 2. The summed E-state index contributed by atoms with van der Waals surface area (Å²) in [6.45, 7) is 6.13. The van der Waals surface area contributed by atoms with Gasteiger partial charge in [0.1, 0.15) is 11.6 Å². The molecule has 0 saturated heterocycles. The molecule has 7 nitrogen and oxygen atoms in total. The van der Waals surface area contributed by atoms with Crippen LogP contribution in [0.1, 0.15) is 20.8 Å². The van der Waals surface area contributed by atoms with E-state index in [2.05, 4.69) is 10.6 Å². The standard InChI is InChI=1S/C22H27F2N3O4/c1-5-30-19-10-8-16(12-20(19)31-6-2)25-21(28)13-27(4)14(3)22(29)26-18-9-7-15(23)11-17(18)24/h7-12,14H,5-6,13H2,1-4H3,(H,25,28)(H,26,29). The summed E-state index contributed by atoms with van der Waals surface area (Å²) in [4.78, 5) is 26.3. The van der Waals surface area contributed by atoms with Gasteiger partial charge in [0, 0.05) is 17.8 Å². The molecule has 0 bridgehead atoms. The monoisotopic (exact) mass is 435 g/mol. The molecule has 0 aromatic heterocycles. The van der Waals surface area contributed by atoms with Crippen LogP contribution in [0.4, 0.5) is 20.2 Å². The normalized spacial score (nSPS) is 11.7. The molecule has 168 valence electrons. The summed E-state index contributed by atoms with van der Waals surface area (Å²) in [5, 5.41) is 5.15. The second-order valence-corrected chi connectivity index (χ2v) is 6.78. The van der Waals surface area contributed by atoms with Crippen molar-refractivity contribution < 1.29 is 27.8 Å². The summed E-state index contributed by atoms with van der Waals surface area (Å²) in [5.74, 6) is -1.38. The molecular formula is C22H27F2N3O4. The second kappa shape index (κ2) is 11.3. The van der Waals surface area contributed by atoms with Crippen LogP contribution in [0.2, 0.25) is 0 Å². The number of hydrogen-bond donors (Lipinski definition) is 2. The van der Waals surface area contributed by atoms with E-state index in [-0.39, 0.29) is 18.1 Å². The fourth-order valence-electron chi connectivity index (χ4n) is 2.72. The first-order valence-corrected chi connectivity index (χ1v) is 9.90. The summed E-state index contributed by atoms with van der Waals surface area (Å²) in [5.41, 5.74) is 0.393. The summed E-state index contributed by atoms with van der Waals surface area (Å²) < 4.78 is 37.8. The van der Waals surface area contributed by atoms with Crippen LogP contribution < -0.4 is 20.1 Å². The van der Waals surface area contributed by atoms with Crippen LogP contribution in [0.15, 0.2) is 36.4 Å². The molecule has 2 aromatic rings. The van der Waals surface area contributed by atoms with Crippen molar-refractivity contribution in [2.24, 2.45) is 0 Å². The predicted octanol–water partition coefficient (Wildman–Crippen LogP) is 3.66. The number of nitrogens with one attached hydrogen (secondary N) is 2. The van der Waals surface area contributed by atoms with Crippen LogP contribution in [-0.2, 0) is 9.59 Å². The first-order chi connectivity index (χ1) is 14.7. The SMILES string of the molecule is CCOc1ccc(NC(=O)CN(C)C(C)C(=O)Nc2ccc(F)cc2F)cc1OCC. The molecule has 1 unspecified atom stereocenters. The smallest absolute Gasteiger partial charge is 0.241 e. The van der Waals surface area contributed by atoms with Crippen LogP contribution in [-0.4, -0.2) is 49.6 Å². The van der Waals surface area contributed by atoms with Gasteiger partial charge in [0.05, 0.1) is 31.5 Å². The molecule has 31 heavy (non-hydrogen) atoms. The highest BCUT2D eigenvalue weighted by molar-refractivity contribution is 5.96. The van der Waals surface area contributed by atoms with Gasteiger partial charge in [-0.1, -0.05) is 0 Å². The fourth-order valence-corrected chi connectivity index (χ4v) is 2.72. The zero-order valence-electron chi connectivity index (χ0n) is 18.0. The third-order valence-electron chi connectivity index (χ3n) is 4.45. The van der Waals surface area contributed by atoms with Crippen molar-refractivity contribution in [3.05, 3.63) is 48.0 Å². The molecule has 2 rings (SSSR count). The van der Waals surface area contributed by atoms with Crippen molar-refractivity contribution in [1.82, 2.24) is 4.90 Å². The molecule has 9 heteroatoms. The quantitative estimate of drug-likeness (QED) is 0.596. The first-order valence-electron chi connectivity index (χ1n) is 9.90. The number of nitrogens with zero attached hydrogens (tertiary/aromatic N) is 1. The lowest BCUT2D eigenvalue weighted by atomic mass is 10.2. The number of carbonyl (C=O) groups excluding carboxylic acids is 2. The molecule has 0 fully saturated rings. The molecule has 2 amide bonds. The largest absolute Gasteiger partial charge is 0.490 e. The van der Waals surface area contributed by atoms with E-state index in [1.807, 2.05) is 13.8 Å². The Balaban J connectivity index is 1.96. The third-order valence-corrected chi connectivity index (χ3v) is 4.45. The van der Waals surface area contributed by atoms with Gasteiger partial charge in [0.2, 0.25) is 11.8 Å². The minimum atomic E-state index is -0.874. The predicted molar refractivity (Wildman–Crippen MR) is 114 cm³/mol. The van der Waals surface area contributed by atoms with Gasteiger partial charge in [-0.15, -0.1) is 0 Å². The molecule has 0 aliphatic rings. The Morgan fingerprint density at radius 2 is 1.68 bits per heavy atom. The summed E-state index contributed by atoms with van der Waals surface area (Å²) in [6, 6.07) is 7.21. The lowest BCUT2D eigenvalue weighted by Crippen LogP contribution is -2.43. The molecule has 0 radical (unpaired) electrons. The van der Waals surface area contributed by atoms with Crippen LogP contribution in [0, 0.1) is 11.6 Å². The van der Waals surface area contributed by atoms with E-state index in [4.69, 9.17) is 9.47 Å². The van der Waals surface area contributed by atoms with E-state index in [1.165, 1.54) is 4.90 Å². The highest BCUT2D eigenvalue weighted by atomic mass is 19.1. The van der Waals surface area contributed by atoms with E-state index >= 15 is 0 Å². The Kier molecular flexibility index (Phi) is 8.75. The van der Waals surface area contributed by atoms with E-state index in [0.29, 0.717) is 36.5 Å². The second-order valence-electron chi connectivity index (χ2n) is 6.78. The van der Waals surface area contributed by atoms with Crippen molar-refractivity contribution >= 4 is 23.2 Å². The molecule has 2 N–H and O–H groups in total. The molecule has 2 aromatic carbocycles. The van der Waals surface area contributed by atoms with Crippen molar-refractivity contribution in [3.63, 3.8) is 0 Å². The first kappa shape index (κ1) is 24.1. The summed E-state index contributed by atoms with van der Waals surface area (Å²) >= 11 is 0. The third kappa shape index (κ3) is 6.92. The maximum absolute atomic E-state index is 13.7. The Morgan fingerprint density at radius 3 is 2.32 bits per heavy atom. The zero-order valence-corrected chi connectivity index (χ0v) is 18.0. The molecule has 0 saturated carbocycles. The van der Waals surface area contributed by atoms with Crippen molar-refractivity contribution in [3.8, 4) is 11.5 Å². The summed E-state index contributed by atoms with van der Waals surface area (Å²) in [7, 11) is 1.59. The highest BCUT2D eigenvalue weighted by Gasteiger charge is 2.21. The number of carbonyl (C=O) groups is 2. The van der Waals surface area contributed by atoms with Gasteiger partial charge >= 0.3 is 0 Å². The van der Waals surface area contributed by atoms with E-state index < -0.39 is 23.6 Å². The maximum atomic E-state index is 13.7. The number of halogens is 2. The molecule has 0 aliphatic carbocycles. The maximum Gasteiger partial charge on any atom is 0.241 e. The average molecular weight is 435 g/mol. The fraction of sp³-hybridized carbons (Fsp3) is 0.364. The van der Waals surface area contributed by atoms with Gasteiger partial charge < -0.3 is 20.1 Å². The molecule has 0 aliphatic heterocycles. The number of likely N-dealkylation sites (N-methyl/N-ethyl adjacent to an activating group) is 1. The Morgan fingerprint density at radius 1 is 1.00 bits per heavy atom. The van der Waals surface area contributed by atoms with Crippen molar-refractivity contribution in [2.75, 3.05) is 37.4 Å². The number of rotatable bonds is 10. The topological polar surface area (TPSA) is 79.9 Å². The van der Waals surface area contributed by atoms with Gasteiger partial charge in [-0.2, -0.15) is 0 Å². The van der Waals surface area contributed by atoms with Crippen LogP contribution in [0.25, 0.3) is 0 Å². The van der Waals surface area contributed by atoms with Crippen molar-refractivity contribution in [2.45, 2.75) is 26.8 Å². The van der Waals surface area contributed by atoms with E-state index in [9.17, 15) is 18.4 Å². The Hall–Kier alpha value is -3.20. The summed E-state index contributed by atoms with van der Waals surface area (Å²) in [6.07, 6.45) is 0. The van der Waals surface area contributed by atoms with Crippen LogP contribution in [0.5, 0.6) is 11.5 Å².